The topological polar surface area (TPSA) is 58.4 Å². The third-order valence-electron chi connectivity index (χ3n) is 2.69. The van der Waals surface area contributed by atoms with Crippen LogP contribution >= 0.6 is 0 Å². The Morgan fingerprint density at radius 1 is 1.44 bits per heavy atom. The van der Waals surface area contributed by atoms with Gasteiger partial charge in [-0.2, -0.15) is 0 Å². The number of rotatable bonds is 3. The number of amides is 1. The highest BCUT2D eigenvalue weighted by Gasteiger charge is 2.24. The number of hydrogen-bond donors (Lipinski definition) is 2. The van der Waals surface area contributed by atoms with Gasteiger partial charge in [0, 0.05) is 24.8 Å². The Labute approximate surface area is 95.4 Å². The monoisotopic (exact) mass is 219 g/mol. The predicted molar refractivity (Wildman–Crippen MR) is 64.2 cm³/mol. The molecular weight excluding hydrogens is 202 g/mol. The molecule has 1 aliphatic rings. The summed E-state index contributed by atoms with van der Waals surface area (Å²) in [5.41, 5.74) is 7.67. The van der Waals surface area contributed by atoms with E-state index in [9.17, 15) is 4.79 Å². The second-order valence-electron chi connectivity index (χ2n) is 4.37. The number of carbonyl (C=O) groups excluding carboxylic acids is 1. The Morgan fingerprint density at radius 3 is 2.62 bits per heavy atom. The van der Waals surface area contributed by atoms with Gasteiger partial charge in [0.1, 0.15) is 0 Å². The standard InChI is InChI=1S/C12H17N3O/c1-9-2-4-11(5-3-9)14-12(16)8-15-6-10(13)7-15/h2-5,10H,6-8,13H2,1H3,(H,14,16). The van der Waals surface area contributed by atoms with E-state index in [1.165, 1.54) is 5.56 Å². The van der Waals surface area contributed by atoms with Crippen LogP contribution in [0, 0.1) is 6.92 Å². The summed E-state index contributed by atoms with van der Waals surface area (Å²) in [6.45, 7) is 4.09. The molecule has 0 spiro atoms. The zero-order valence-electron chi connectivity index (χ0n) is 9.44. The highest BCUT2D eigenvalue weighted by Crippen LogP contribution is 2.09. The summed E-state index contributed by atoms with van der Waals surface area (Å²) >= 11 is 0. The lowest BCUT2D eigenvalue weighted by Gasteiger charge is -2.36. The van der Waals surface area contributed by atoms with E-state index in [4.69, 9.17) is 5.73 Å². The molecule has 1 aromatic rings. The Kier molecular flexibility index (Phi) is 3.22. The van der Waals surface area contributed by atoms with E-state index in [2.05, 4.69) is 5.32 Å². The van der Waals surface area contributed by atoms with E-state index in [0.29, 0.717) is 6.54 Å². The molecule has 4 nitrogen and oxygen atoms in total. The zero-order valence-corrected chi connectivity index (χ0v) is 9.44. The highest BCUT2D eigenvalue weighted by molar-refractivity contribution is 5.92. The quantitative estimate of drug-likeness (QED) is 0.781. The molecule has 0 atom stereocenters. The number of nitrogens with zero attached hydrogens (tertiary/aromatic N) is 1. The average Bonchev–Trinajstić information content (AvgIpc) is 2.19. The molecular formula is C12H17N3O. The van der Waals surface area contributed by atoms with Gasteiger partial charge in [0.2, 0.25) is 5.91 Å². The third kappa shape index (κ3) is 2.81. The molecule has 86 valence electrons. The molecule has 0 unspecified atom stereocenters. The van der Waals surface area contributed by atoms with Crippen LogP contribution in [-0.2, 0) is 4.79 Å². The van der Waals surface area contributed by atoms with Crippen molar-refractivity contribution in [3.05, 3.63) is 29.8 Å². The van der Waals surface area contributed by atoms with Crippen LogP contribution in [0.5, 0.6) is 0 Å². The molecule has 0 aromatic heterocycles. The molecule has 2 rings (SSSR count). The molecule has 16 heavy (non-hydrogen) atoms. The van der Waals surface area contributed by atoms with Gasteiger partial charge in [-0.3, -0.25) is 9.69 Å². The molecule has 0 radical (unpaired) electrons. The minimum atomic E-state index is 0.0238. The van der Waals surface area contributed by atoms with Gasteiger partial charge < -0.3 is 11.1 Å². The average molecular weight is 219 g/mol. The molecule has 1 amide bonds. The molecule has 1 heterocycles. The van der Waals surface area contributed by atoms with Crippen LogP contribution in [0.25, 0.3) is 0 Å². The van der Waals surface area contributed by atoms with Crippen LogP contribution in [0.1, 0.15) is 5.56 Å². The molecule has 1 aliphatic heterocycles. The zero-order chi connectivity index (χ0) is 11.5. The molecule has 3 N–H and O–H groups in total. The van der Waals surface area contributed by atoms with Gasteiger partial charge in [-0.15, -0.1) is 0 Å². The summed E-state index contributed by atoms with van der Waals surface area (Å²) in [7, 11) is 0. The fourth-order valence-corrected chi connectivity index (χ4v) is 1.78. The third-order valence-corrected chi connectivity index (χ3v) is 2.69. The van der Waals surface area contributed by atoms with E-state index in [1.54, 1.807) is 0 Å². The molecule has 0 bridgehead atoms. The normalized spacial score (nSPS) is 16.9. The molecule has 4 heteroatoms. The smallest absolute Gasteiger partial charge is 0.238 e. The fraction of sp³-hybridized carbons (Fsp3) is 0.417. The number of anilines is 1. The number of hydrogen-bond acceptors (Lipinski definition) is 3. The molecule has 0 saturated carbocycles. The van der Waals surface area contributed by atoms with E-state index >= 15 is 0 Å². The minimum Gasteiger partial charge on any atom is -0.325 e. The van der Waals surface area contributed by atoms with Crippen LogP contribution < -0.4 is 11.1 Å². The number of aryl methyl sites for hydroxylation is 1. The van der Waals surface area contributed by atoms with Crippen molar-refractivity contribution in [2.45, 2.75) is 13.0 Å². The van der Waals surface area contributed by atoms with Crippen molar-refractivity contribution in [2.24, 2.45) is 5.73 Å². The van der Waals surface area contributed by atoms with Crippen molar-refractivity contribution in [1.29, 1.82) is 0 Å². The molecule has 0 aliphatic carbocycles. The van der Waals surface area contributed by atoms with Crippen LogP contribution in [0.4, 0.5) is 5.69 Å². The lowest BCUT2D eigenvalue weighted by atomic mass is 10.1. The van der Waals surface area contributed by atoms with Gasteiger partial charge in [0.05, 0.1) is 6.54 Å². The summed E-state index contributed by atoms with van der Waals surface area (Å²) in [6.07, 6.45) is 0. The van der Waals surface area contributed by atoms with E-state index in [-0.39, 0.29) is 11.9 Å². The first-order chi connectivity index (χ1) is 7.63. The Morgan fingerprint density at radius 2 is 2.06 bits per heavy atom. The van der Waals surface area contributed by atoms with Crippen molar-refractivity contribution >= 4 is 11.6 Å². The van der Waals surface area contributed by atoms with Crippen LogP contribution in [0.2, 0.25) is 0 Å². The first-order valence-corrected chi connectivity index (χ1v) is 5.48. The maximum absolute atomic E-state index is 11.6. The molecule has 1 fully saturated rings. The largest absolute Gasteiger partial charge is 0.325 e. The Balaban J connectivity index is 1.80. The Bertz CT molecular complexity index is 368. The van der Waals surface area contributed by atoms with Crippen molar-refractivity contribution in [1.82, 2.24) is 4.90 Å². The van der Waals surface area contributed by atoms with Crippen molar-refractivity contribution in [3.63, 3.8) is 0 Å². The maximum atomic E-state index is 11.6. The summed E-state index contributed by atoms with van der Waals surface area (Å²) < 4.78 is 0. The second-order valence-corrected chi connectivity index (χ2v) is 4.37. The first kappa shape index (κ1) is 11.1. The number of benzene rings is 1. The molecule has 1 aromatic carbocycles. The van der Waals surface area contributed by atoms with Gasteiger partial charge in [0.15, 0.2) is 0 Å². The number of nitrogens with two attached hydrogens (primary N) is 1. The summed E-state index contributed by atoms with van der Waals surface area (Å²) in [4.78, 5) is 13.6. The molecule has 1 saturated heterocycles. The van der Waals surface area contributed by atoms with E-state index in [0.717, 1.165) is 18.8 Å². The second kappa shape index (κ2) is 4.63. The fourth-order valence-electron chi connectivity index (χ4n) is 1.78. The number of carbonyl (C=O) groups is 1. The van der Waals surface area contributed by atoms with Gasteiger partial charge in [-0.25, -0.2) is 0 Å². The lowest BCUT2D eigenvalue weighted by molar-refractivity contribution is -0.118. The lowest BCUT2D eigenvalue weighted by Crippen LogP contribution is -2.57. The van der Waals surface area contributed by atoms with Crippen LogP contribution in [0.3, 0.4) is 0 Å². The minimum absolute atomic E-state index is 0.0238. The first-order valence-electron chi connectivity index (χ1n) is 5.48. The van der Waals surface area contributed by atoms with Gasteiger partial charge in [0.25, 0.3) is 0 Å². The number of nitrogens with one attached hydrogen (secondary N) is 1. The van der Waals surface area contributed by atoms with Gasteiger partial charge in [-0.1, -0.05) is 17.7 Å². The van der Waals surface area contributed by atoms with Gasteiger partial charge in [-0.05, 0) is 19.1 Å². The van der Waals surface area contributed by atoms with E-state index in [1.807, 2.05) is 36.1 Å². The SMILES string of the molecule is Cc1ccc(NC(=O)CN2CC(N)C2)cc1. The predicted octanol–water partition coefficient (Wildman–Crippen LogP) is 0.576. The van der Waals surface area contributed by atoms with E-state index < -0.39 is 0 Å². The van der Waals surface area contributed by atoms with Crippen LogP contribution in [0.15, 0.2) is 24.3 Å². The summed E-state index contributed by atoms with van der Waals surface area (Å²) in [6, 6.07) is 8.03. The van der Waals surface area contributed by atoms with Gasteiger partial charge >= 0.3 is 0 Å². The number of likely N-dealkylation sites (tertiary alicyclic amines) is 1. The Hall–Kier alpha value is -1.39. The summed E-state index contributed by atoms with van der Waals surface area (Å²) in [5.74, 6) is 0.0238. The van der Waals surface area contributed by atoms with Crippen molar-refractivity contribution < 1.29 is 4.79 Å². The van der Waals surface area contributed by atoms with Crippen molar-refractivity contribution in [2.75, 3.05) is 25.0 Å². The maximum Gasteiger partial charge on any atom is 0.238 e. The van der Waals surface area contributed by atoms with Crippen LogP contribution in [-0.4, -0.2) is 36.5 Å². The highest BCUT2D eigenvalue weighted by atomic mass is 16.2. The summed E-state index contributed by atoms with van der Waals surface area (Å²) in [5, 5.41) is 2.86. The van der Waals surface area contributed by atoms with Crippen molar-refractivity contribution in [3.8, 4) is 0 Å².